The SMILES string of the molecule is Brc1ccc2c(-c3cc4cc(CN5CCOCC5)ccc4[nH]3)n[nH]c2c1. The zero-order valence-corrected chi connectivity index (χ0v) is 15.8. The number of ether oxygens (including phenoxy) is 1. The maximum Gasteiger partial charge on any atom is 0.116 e. The van der Waals surface area contributed by atoms with Crippen molar-refractivity contribution in [2.45, 2.75) is 6.54 Å². The highest BCUT2D eigenvalue weighted by molar-refractivity contribution is 9.10. The fourth-order valence-corrected chi connectivity index (χ4v) is 3.98. The molecule has 2 aromatic heterocycles. The van der Waals surface area contributed by atoms with Gasteiger partial charge in [0.25, 0.3) is 0 Å². The number of morpholine rings is 1. The molecule has 1 aliphatic heterocycles. The standard InChI is InChI=1S/C20H19BrN4O/c21-15-2-3-16-18(11-15)23-24-20(16)19-10-14-9-13(1-4-17(14)22-19)12-25-5-7-26-8-6-25/h1-4,9-11,22H,5-8,12H2,(H,23,24). The molecule has 132 valence electrons. The molecule has 3 heterocycles. The Morgan fingerprint density at radius 2 is 1.92 bits per heavy atom. The second-order valence-electron chi connectivity index (χ2n) is 6.76. The van der Waals surface area contributed by atoms with Crippen LogP contribution in [0, 0.1) is 0 Å². The molecule has 6 heteroatoms. The smallest absolute Gasteiger partial charge is 0.116 e. The number of halogens is 1. The summed E-state index contributed by atoms with van der Waals surface area (Å²) < 4.78 is 6.48. The minimum atomic E-state index is 0.832. The summed E-state index contributed by atoms with van der Waals surface area (Å²) in [5.41, 5.74) is 5.50. The Balaban J connectivity index is 1.49. The lowest BCUT2D eigenvalue weighted by molar-refractivity contribution is 0.0342. The van der Waals surface area contributed by atoms with Crippen LogP contribution in [-0.2, 0) is 11.3 Å². The molecule has 0 aliphatic carbocycles. The van der Waals surface area contributed by atoms with Crippen molar-refractivity contribution < 1.29 is 4.74 Å². The van der Waals surface area contributed by atoms with Crippen LogP contribution in [0.25, 0.3) is 33.2 Å². The summed E-state index contributed by atoms with van der Waals surface area (Å²) in [4.78, 5) is 5.95. The van der Waals surface area contributed by atoms with Gasteiger partial charge in [-0.05, 0) is 42.0 Å². The fraction of sp³-hybridized carbons (Fsp3) is 0.250. The van der Waals surface area contributed by atoms with Gasteiger partial charge in [-0.25, -0.2) is 0 Å². The summed E-state index contributed by atoms with van der Waals surface area (Å²) in [6.07, 6.45) is 0. The molecule has 4 aromatic rings. The molecule has 26 heavy (non-hydrogen) atoms. The van der Waals surface area contributed by atoms with Crippen LogP contribution >= 0.6 is 15.9 Å². The molecule has 0 radical (unpaired) electrons. The van der Waals surface area contributed by atoms with Gasteiger partial charge in [-0.3, -0.25) is 10.00 Å². The van der Waals surface area contributed by atoms with Crippen molar-refractivity contribution in [1.82, 2.24) is 20.1 Å². The Morgan fingerprint density at radius 3 is 2.81 bits per heavy atom. The summed E-state index contributed by atoms with van der Waals surface area (Å²) >= 11 is 3.51. The molecule has 0 spiro atoms. The molecule has 0 unspecified atom stereocenters. The zero-order chi connectivity index (χ0) is 17.5. The normalized spacial score (nSPS) is 15.9. The zero-order valence-electron chi connectivity index (χ0n) is 14.3. The molecule has 0 atom stereocenters. The average molecular weight is 411 g/mol. The van der Waals surface area contributed by atoms with E-state index in [-0.39, 0.29) is 0 Å². The Kier molecular flexibility index (Phi) is 4.04. The van der Waals surface area contributed by atoms with E-state index in [1.807, 2.05) is 6.07 Å². The number of aromatic nitrogens is 3. The number of hydrogen-bond donors (Lipinski definition) is 2. The average Bonchev–Trinajstić information content (AvgIpc) is 3.25. The monoisotopic (exact) mass is 410 g/mol. The second-order valence-corrected chi connectivity index (χ2v) is 7.67. The van der Waals surface area contributed by atoms with Crippen LogP contribution in [-0.4, -0.2) is 46.4 Å². The van der Waals surface area contributed by atoms with Gasteiger partial charge in [-0.15, -0.1) is 0 Å². The summed E-state index contributed by atoms with van der Waals surface area (Å²) in [5.74, 6) is 0. The first-order chi connectivity index (χ1) is 12.8. The highest BCUT2D eigenvalue weighted by atomic mass is 79.9. The minimum Gasteiger partial charge on any atom is -0.379 e. The van der Waals surface area contributed by atoms with Crippen LogP contribution in [0.15, 0.2) is 46.9 Å². The van der Waals surface area contributed by atoms with Gasteiger partial charge in [0, 0.05) is 40.4 Å². The van der Waals surface area contributed by atoms with E-state index in [1.54, 1.807) is 0 Å². The lowest BCUT2D eigenvalue weighted by Gasteiger charge is -2.26. The van der Waals surface area contributed by atoms with E-state index in [4.69, 9.17) is 4.74 Å². The van der Waals surface area contributed by atoms with Crippen LogP contribution in [0.5, 0.6) is 0 Å². The Labute approximate surface area is 159 Å². The van der Waals surface area contributed by atoms with Crippen molar-refractivity contribution in [2.24, 2.45) is 0 Å². The van der Waals surface area contributed by atoms with Crippen molar-refractivity contribution in [1.29, 1.82) is 0 Å². The Morgan fingerprint density at radius 1 is 1.04 bits per heavy atom. The van der Waals surface area contributed by atoms with E-state index >= 15 is 0 Å². The second kappa shape index (κ2) is 6.54. The van der Waals surface area contributed by atoms with Gasteiger partial charge in [-0.1, -0.05) is 22.0 Å². The van der Waals surface area contributed by atoms with Crippen molar-refractivity contribution in [2.75, 3.05) is 26.3 Å². The summed E-state index contributed by atoms with van der Waals surface area (Å²) in [7, 11) is 0. The van der Waals surface area contributed by atoms with E-state index in [9.17, 15) is 0 Å². The van der Waals surface area contributed by atoms with Crippen molar-refractivity contribution in [3.63, 3.8) is 0 Å². The molecule has 5 rings (SSSR count). The van der Waals surface area contributed by atoms with Gasteiger partial charge in [0.05, 0.1) is 24.4 Å². The lowest BCUT2D eigenvalue weighted by atomic mass is 10.1. The number of nitrogens with one attached hydrogen (secondary N) is 2. The van der Waals surface area contributed by atoms with Crippen LogP contribution in [0.2, 0.25) is 0 Å². The number of aromatic amines is 2. The highest BCUT2D eigenvalue weighted by Gasteiger charge is 2.13. The molecular formula is C20H19BrN4O. The Bertz CT molecular complexity index is 1080. The summed E-state index contributed by atoms with van der Waals surface area (Å²) in [6.45, 7) is 4.65. The molecule has 1 fully saturated rings. The first-order valence-electron chi connectivity index (χ1n) is 8.82. The van der Waals surface area contributed by atoms with Gasteiger partial charge in [0.2, 0.25) is 0 Å². The van der Waals surface area contributed by atoms with E-state index in [2.05, 4.69) is 72.4 Å². The maximum absolute atomic E-state index is 5.44. The molecule has 1 aliphatic rings. The van der Waals surface area contributed by atoms with Gasteiger partial charge in [-0.2, -0.15) is 5.10 Å². The molecular weight excluding hydrogens is 392 g/mol. The molecule has 0 bridgehead atoms. The lowest BCUT2D eigenvalue weighted by Crippen LogP contribution is -2.35. The van der Waals surface area contributed by atoms with Crippen molar-refractivity contribution >= 4 is 37.7 Å². The summed E-state index contributed by atoms with van der Waals surface area (Å²) in [5, 5.41) is 9.98. The number of benzene rings is 2. The molecule has 0 amide bonds. The highest BCUT2D eigenvalue weighted by Crippen LogP contribution is 2.30. The largest absolute Gasteiger partial charge is 0.379 e. The maximum atomic E-state index is 5.44. The quantitative estimate of drug-likeness (QED) is 0.529. The number of H-pyrrole nitrogens is 2. The third-order valence-electron chi connectivity index (χ3n) is 4.98. The first kappa shape index (κ1) is 16.1. The topological polar surface area (TPSA) is 56.9 Å². The van der Waals surface area contributed by atoms with Crippen molar-refractivity contribution in [3.8, 4) is 11.4 Å². The van der Waals surface area contributed by atoms with Crippen LogP contribution in [0.1, 0.15) is 5.56 Å². The molecule has 2 N–H and O–H groups in total. The number of rotatable bonds is 3. The molecule has 0 saturated carbocycles. The fourth-order valence-electron chi connectivity index (χ4n) is 3.62. The Hall–Kier alpha value is -2.15. The number of fused-ring (bicyclic) bond motifs is 2. The predicted molar refractivity (Wildman–Crippen MR) is 107 cm³/mol. The van der Waals surface area contributed by atoms with E-state index in [1.165, 1.54) is 10.9 Å². The van der Waals surface area contributed by atoms with E-state index in [0.29, 0.717) is 0 Å². The van der Waals surface area contributed by atoms with Crippen LogP contribution < -0.4 is 0 Å². The van der Waals surface area contributed by atoms with Crippen LogP contribution in [0.3, 0.4) is 0 Å². The van der Waals surface area contributed by atoms with Gasteiger partial charge < -0.3 is 9.72 Å². The first-order valence-corrected chi connectivity index (χ1v) is 9.61. The van der Waals surface area contributed by atoms with Gasteiger partial charge >= 0.3 is 0 Å². The molecule has 2 aromatic carbocycles. The number of hydrogen-bond acceptors (Lipinski definition) is 3. The van der Waals surface area contributed by atoms with E-state index in [0.717, 1.165) is 65.1 Å². The minimum absolute atomic E-state index is 0.832. The third-order valence-corrected chi connectivity index (χ3v) is 5.47. The van der Waals surface area contributed by atoms with Crippen LogP contribution in [0.4, 0.5) is 0 Å². The van der Waals surface area contributed by atoms with Gasteiger partial charge in [0.1, 0.15) is 5.69 Å². The summed E-state index contributed by atoms with van der Waals surface area (Å²) in [6, 6.07) is 15.0. The van der Waals surface area contributed by atoms with E-state index < -0.39 is 0 Å². The van der Waals surface area contributed by atoms with Gasteiger partial charge in [0.15, 0.2) is 0 Å². The molecule has 1 saturated heterocycles. The number of nitrogens with zero attached hydrogens (tertiary/aromatic N) is 2. The third kappa shape index (κ3) is 2.94. The van der Waals surface area contributed by atoms with Crippen molar-refractivity contribution in [3.05, 3.63) is 52.5 Å². The molecule has 5 nitrogen and oxygen atoms in total. The predicted octanol–water partition coefficient (Wildman–Crippen LogP) is 4.31.